The van der Waals surface area contributed by atoms with Crippen molar-refractivity contribution in [3.8, 4) is 11.4 Å². The zero-order chi connectivity index (χ0) is 19.7. The second-order valence-corrected chi connectivity index (χ2v) is 7.75. The van der Waals surface area contributed by atoms with Crippen LogP contribution in [0.4, 0.5) is 0 Å². The molecule has 0 saturated carbocycles. The Hall–Kier alpha value is -2.64. The van der Waals surface area contributed by atoms with Gasteiger partial charge in [-0.25, -0.2) is 4.98 Å². The molecule has 8 heteroatoms. The third-order valence-electron chi connectivity index (χ3n) is 4.34. The third kappa shape index (κ3) is 3.68. The van der Waals surface area contributed by atoms with E-state index in [0.717, 1.165) is 23.1 Å². The lowest BCUT2D eigenvalue weighted by molar-refractivity contribution is 0.687. The molecule has 0 aliphatic rings. The standard InChI is InChI=1S/C20H18ClN5OS/c1-3-25-19(14-6-4-5-13(2)9-14)23-24-20(25)28-12-16-10-18(27)26-11-15(21)7-8-17(26)22-16/h4-11H,3,12H2,1-2H3. The lowest BCUT2D eigenvalue weighted by Crippen LogP contribution is -2.15. The van der Waals surface area contributed by atoms with Crippen molar-refractivity contribution in [1.82, 2.24) is 24.1 Å². The molecular formula is C20H18ClN5OS. The highest BCUT2D eigenvalue weighted by Crippen LogP contribution is 2.26. The van der Waals surface area contributed by atoms with Crippen molar-refractivity contribution >= 4 is 29.0 Å². The molecular weight excluding hydrogens is 394 g/mol. The molecule has 142 valence electrons. The fourth-order valence-electron chi connectivity index (χ4n) is 3.02. The Bertz CT molecular complexity index is 1220. The summed E-state index contributed by atoms with van der Waals surface area (Å²) in [7, 11) is 0. The van der Waals surface area contributed by atoms with E-state index in [4.69, 9.17) is 11.6 Å². The van der Waals surface area contributed by atoms with Gasteiger partial charge in [-0.2, -0.15) is 0 Å². The van der Waals surface area contributed by atoms with Crippen LogP contribution in [-0.4, -0.2) is 24.1 Å². The normalized spacial score (nSPS) is 11.2. The van der Waals surface area contributed by atoms with E-state index in [2.05, 4.69) is 45.7 Å². The van der Waals surface area contributed by atoms with Crippen LogP contribution < -0.4 is 5.56 Å². The molecule has 0 amide bonds. The number of halogens is 1. The number of rotatable bonds is 5. The van der Waals surface area contributed by atoms with Crippen LogP contribution in [0.25, 0.3) is 17.0 Å². The third-order valence-corrected chi connectivity index (χ3v) is 5.56. The van der Waals surface area contributed by atoms with Gasteiger partial charge in [0.1, 0.15) is 5.65 Å². The fourth-order valence-corrected chi connectivity index (χ4v) is 4.07. The summed E-state index contributed by atoms with van der Waals surface area (Å²) in [5, 5.41) is 10.0. The van der Waals surface area contributed by atoms with Crippen molar-refractivity contribution in [2.45, 2.75) is 31.3 Å². The smallest absolute Gasteiger partial charge is 0.258 e. The second kappa shape index (κ2) is 7.77. The Kier molecular flexibility index (Phi) is 5.19. The van der Waals surface area contributed by atoms with Crippen molar-refractivity contribution in [2.75, 3.05) is 0 Å². The monoisotopic (exact) mass is 411 g/mol. The van der Waals surface area contributed by atoms with Gasteiger partial charge in [0.25, 0.3) is 5.56 Å². The van der Waals surface area contributed by atoms with Crippen LogP contribution in [0.5, 0.6) is 0 Å². The van der Waals surface area contributed by atoms with E-state index >= 15 is 0 Å². The van der Waals surface area contributed by atoms with E-state index < -0.39 is 0 Å². The van der Waals surface area contributed by atoms with Crippen molar-refractivity contribution in [3.05, 3.63) is 75.3 Å². The Morgan fingerprint density at radius 1 is 1.14 bits per heavy atom. The fraction of sp³-hybridized carbons (Fsp3) is 0.200. The quantitative estimate of drug-likeness (QED) is 0.460. The van der Waals surface area contributed by atoms with E-state index in [9.17, 15) is 4.79 Å². The number of benzene rings is 1. The number of aryl methyl sites for hydroxylation is 1. The number of hydrogen-bond acceptors (Lipinski definition) is 5. The molecule has 28 heavy (non-hydrogen) atoms. The molecule has 0 unspecified atom stereocenters. The first-order chi connectivity index (χ1) is 13.5. The number of hydrogen-bond donors (Lipinski definition) is 0. The number of aromatic nitrogens is 5. The van der Waals surface area contributed by atoms with Gasteiger partial charge in [0.15, 0.2) is 11.0 Å². The largest absolute Gasteiger partial charge is 0.302 e. The van der Waals surface area contributed by atoms with Gasteiger partial charge in [0.2, 0.25) is 0 Å². The average molecular weight is 412 g/mol. The Morgan fingerprint density at radius 3 is 2.79 bits per heavy atom. The van der Waals surface area contributed by atoms with Gasteiger partial charge in [-0.15, -0.1) is 10.2 Å². The average Bonchev–Trinajstić information content (AvgIpc) is 3.10. The van der Waals surface area contributed by atoms with Crippen LogP contribution in [0.3, 0.4) is 0 Å². The van der Waals surface area contributed by atoms with Crippen molar-refractivity contribution < 1.29 is 0 Å². The Balaban J connectivity index is 1.61. The van der Waals surface area contributed by atoms with E-state index in [-0.39, 0.29) is 5.56 Å². The molecule has 3 aromatic heterocycles. The van der Waals surface area contributed by atoms with E-state index in [0.29, 0.717) is 22.1 Å². The van der Waals surface area contributed by atoms with Gasteiger partial charge in [-0.3, -0.25) is 9.20 Å². The molecule has 4 rings (SSSR count). The van der Waals surface area contributed by atoms with Gasteiger partial charge in [0, 0.05) is 30.1 Å². The summed E-state index contributed by atoms with van der Waals surface area (Å²) < 4.78 is 3.52. The van der Waals surface area contributed by atoms with E-state index in [1.165, 1.54) is 27.8 Å². The van der Waals surface area contributed by atoms with Crippen molar-refractivity contribution in [3.63, 3.8) is 0 Å². The lowest BCUT2D eigenvalue weighted by atomic mass is 10.1. The van der Waals surface area contributed by atoms with Gasteiger partial charge < -0.3 is 4.57 Å². The first kappa shape index (κ1) is 18.7. The van der Waals surface area contributed by atoms with Crippen molar-refractivity contribution in [1.29, 1.82) is 0 Å². The maximum atomic E-state index is 12.3. The Labute approximate surface area is 171 Å². The first-order valence-corrected chi connectivity index (χ1v) is 10.2. The van der Waals surface area contributed by atoms with Gasteiger partial charge in [-0.1, -0.05) is 47.1 Å². The maximum absolute atomic E-state index is 12.3. The van der Waals surface area contributed by atoms with Gasteiger partial charge >= 0.3 is 0 Å². The molecule has 1 aromatic carbocycles. The lowest BCUT2D eigenvalue weighted by Gasteiger charge is -2.08. The Morgan fingerprint density at radius 2 is 2.00 bits per heavy atom. The summed E-state index contributed by atoms with van der Waals surface area (Å²) >= 11 is 7.48. The molecule has 0 atom stereocenters. The SMILES string of the molecule is CCn1c(SCc2cc(=O)n3cc(Cl)ccc3n2)nnc1-c1cccc(C)c1. The molecule has 6 nitrogen and oxygen atoms in total. The maximum Gasteiger partial charge on any atom is 0.258 e. The number of fused-ring (bicyclic) bond motifs is 1. The summed E-state index contributed by atoms with van der Waals surface area (Å²) in [6.07, 6.45) is 1.57. The number of nitrogens with zero attached hydrogens (tertiary/aromatic N) is 5. The minimum Gasteiger partial charge on any atom is -0.302 e. The van der Waals surface area contributed by atoms with E-state index in [1.807, 2.05) is 12.1 Å². The van der Waals surface area contributed by atoms with Gasteiger partial charge in [-0.05, 0) is 32.0 Å². The predicted molar refractivity (Wildman–Crippen MR) is 112 cm³/mol. The van der Waals surface area contributed by atoms with Crippen molar-refractivity contribution in [2.24, 2.45) is 0 Å². The zero-order valence-corrected chi connectivity index (χ0v) is 17.0. The molecule has 0 saturated heterocycles. The first-order valence-electron chi connectivity index (χ1n) is 8.86. The molecule has 0 N–H and O–H groups in total. The van der Waals surface area contributed by atoms with Crippen LogP contribution in [0.1, 0.15) is 18.2 Å². The second-order valence-electron chi connectivity index (χ2n) is 6.37. The summed E-state index contributed by atoms with van der Waals surface area (Å²) in [4.78, 5) is 16.9. The number of pyridine rings is 1. The van der Waals surface area contributed by atoms with Gasteiger partial charge in [0.05, 0.1) is 10.7 Å². The molecule has 4 aromatic rings. The summed E-state index contributed by atoms with van der Waals surface area (Å²) in [6, 6.07) is 13.2. The summed E-state index contributed by atoms with van der Waals surface area (Å²) in [6.45, 7) is 4.88. The predicted octanol–water partition coefficient (Wildman–Crippen LogP) is 4.23. The molecule has 0 aliphatic carbocycles. The van der Waals surface area contributed by atoms with E-state index in [1.54, 1.807) is 18.3 Å². The molecule has 0 bridgehead atoms. The molecule has 0 aliphatic heterocycles. The van der Waals surface area contributed by atoms with Crippen LogP contribution in [0.15, 0.2) is 58.6 Å². The van der Waals surface area contributed by atoms with Crippen LogP contribution in [-0.2, 0) is 12.3 Å². The highest BCUT2D eigenvalue weighted by molar-refractivity contribution is 7.98. The molecule has 3 heterocycles. The highest BCUT2D eigenvalue weighted by atomic mass is 35.5. The van der Waals surface area contributed by atoms with Crippen LogP contribution in [0.2, 0.25) is 5.02 Å². The molecule has 0 spiro atoms. The zero-order valence-electron chi connectivity index (χ0n) is 15.5. The topological polar surface area (TPSA) is 65.1 Å². The minimum absolute atomic E-state index is 0.152. The van der Waals surface area contributed by atoms with Crippen LogP contribution in [0, 0.1) is 6.92 Å². The number of thioether (sulfide) groups is 1. The molecule has 0 fully saturated rings. The van der Waals surface area contributed by atoms with Crippen LogP contribution >= 0.6 is 23.4 Å². The highest BCUT2D eigenvalue weighted by Gasteiger charge is 2.14. The summed E-state index contributed by atoms with van der Waals surface area (Å²) in [5.41, 5.74) is 3.34. The minimum atomic E-state index is -0.152. The molecule has 0 radical (unpaired) electrons. The summed E-state index contributed by atoms with van der Waals surface area (Å²) in [5.74, 6) is 1.37.